The summed E-state index contributed by atoms with van der Waals surface area (Å²) in [5.74, 6) is 0.837. The zero-order valence-corrected chi connectivity index (χ0v) is 24.4. The van der Waals surface area contributed by atoms with Crippen molar-refractivity contribution >= 4 is 61.9 Å². The predicted octanol–water partition coefficient (Wildman–Crippen LogP) is 11.6. The smallest absolute Gasteiger partial charge is 0.201 e. The molecule has 0 fully saturated rings. The Morgan fingerprint density at radius 2 is 1.18 bits per heavy atom. The highest BCUT2D eigenvalue weighted by atomic mass is 16.4. The van der Waals surface area contributed by atoms with Crippen LogP contribution in [-0.2, 0) is 0 Å². The van der Waals surface area contributed by atoms with Crippen molar-refractivity contribution in [2.45, 2.75) is 0 Å². The van der Waals surface area contributed by atoms with Gasteiger partial charge in [0.25, 0.3) is 0 Å². The fourth-order valence-corrected chi connectivity index (χ4v) is 6.51. The number of anilines is 4. The molecule has 0 radical (unpaired) electrons. The number of fused-ring (bicyclic) bond motifs is 6. The van der Waals surface area contributed by atoms with Crippen molar-refractivity contribution in [2.24, 2.45) is 0 Å². The van der Waals surface area contributed by atoms with Gasteiger partial charge >= 0.3 is 0 Å². The number of rotatable bonds is 5. The summed E-state index contributed by atoms with van der Waals surface area (Å²) < 4.78 is 12.5. The summed E-state index contributed by atoms with van der Waals surface area (Å²) in [5, 5.41) is 6.69. The fourth-order valence-electron chi connectivity index (χ4n) is 6.51. The Morgan fingerprint density at radius 1 is 0.511 bits per heavy atom. The van der Waals surface area contributed by atoms with Crippen molar-refractivity contribution < 1.29 is 8.83 Å². The molecule has 214 valence electrons. The molecule has 9 rings (SSSR count). The van der Waals surface area contributed by atoms with E-state index in [4.69, 9.17) is 8.83 Å². The third kappa shape index (κ3) is 4.30. The molecule has 8 aromatic rings. The highest BCUT2D eigenvalue weighted by molar-refractivity contribution is 6.06. The molecule has 0 aliphatic carbocycles. The van der Waals surface area contributed by atoms with Gasteiger partial charge in [-0.3, -0.25) is 0 Å². The lowest BCUT2D eigenvalue weighted by Crippen LogP contribution is -2.09. The molecule has 45 heavy (non-hydrogen) atoms. The molecule has 0 bridgehead atoms. The highest BCUT2D eigenvalue weighted by Crippen LogP contribution is 2.42. The Hall–Kier alpha value is -6.00. The van der Waals surface area contributed by atoms with E-state index in [0.29, 0.717) is 0 Å². The maximum atomic E-state index is 6.33. The van der Waals surface area contributed by atoms with Gasteiger partial charge in [0.05, 0.1) is 0 Å². The molecule has 4 heteroatoms. The number of hydrogen-bond donors (Lipinski definition) is 1. The Balaban J connectivity index is 1.16. The number of nitrogens with zero attached hydrogens (tertiary/aromatic N) is 1. The van der Waals surface area contributed by atoms with Gasteiger partial charge in [-0.2, -0.15) is 0 Å². The monoisotopic (exact) mass is 580 g/mol. The van der Waals surface area contributed by atoms with Crippen LogP contribution in [-0.4, -0.2) is 6.54 Å². The van der Waals surface area contributed by atoms with E-state index in [-0.39, 0.29) is 0 Å². The first-order valence-corrected chi connectivity index (χ1v) is 15.2. The minimum absolute atomic E-state index is 0.777. The van der Waals surface area contributed by atoms with Crippen molar-refractivity contribution in [2.75, 3.05) is 16.8 Å². The van der Waals surface area contributed by atoms with E-state index in [0.717, 1.165) is 79.1 Å². The molecule has 2 aromatic heterocycles. The Kier molecular flexibility index (Phi) is 5.85. The normalized spacial score (nSPS) is 12.4. The van der Waals surface area contributed by atoms with Gasteiger partial charge in [-0.05, 0) is 65.2 Å². The summed E-state index contributed by atoms with van der Waals surface area (Å²) in [7, 11) is 0. The number of nitrogens with one attached hydrogen (secondary N) is 1. The molecule has 1 aliphatic heterocycles. The van der Waals surface area contributed by atoms with Crippen LogP contribution in [0, 0.1) is 0 Å². The van der Waals surface area contributed by atoms with Gasteiger partial charge in [0, 0.05) is 50.9 Å². The second-order valence-corrected chi connectivity index (χ2v) is 11.4. The lowest BCUT2D eigenvalue weighted by Gasteiger charge is -2.26. The van der Waals surface area contributed by atoms with Gasteiger partial charge in [-0.15, -0.1) is 0 Å². The van der Waals surface area contributed by atoms with Crippen LogP contribution in [0.4, 0.5) is 22.9 Å². The molecular formula is C41H28N2O2. The van der Waals surface area contributed by atoms with Gasteiger partial charge in [-0.25, -0.2) is 0 Å². The highest BCUT2D eigenvalue weighted by Gasteiger charge is 2.19. The first-order valence-electron chi connectivity index (χ1n) is 15.2. The lowest BCUT2D eigenvalue weighted by atomic mass is 10.0. The fraction of sp³-hybridized carbons (Fsp3) is 0.0244. The van der Waals surface area contributed by atoms with E-state index in [2.05, 4.69) is 144 Å². The van der Waals surface area contributed by atoms with E-state index in [1.54, 1.807) is 0 Å². The van der Waals surface area contributed by atoms with Crippen LogP contribution in [0.2, 0.25) is 0 Å². The Bertz CT molecular complexity index is 2360. The van der Waals surface area contributed by atoms with Gasteiger partial charge in [0.1, 0.15) is 16.7 Å². The standard InChI is InChI=1S/C41H28N2O2/c1-2-8-27(9-3-1)28-15-19-30(20-16-28)43(32-23-24-39-37(26-32)34-10-4-5-14-38(34)44-39)31-21-17-29(18-22-31)33-11-6-12-35-36-13-7-25-42-41(36)45-40(33)35/h1-24,26,42H,25H2. The summed E-state index contributed by atoms with van der Waals surface area (Å²) in [5.41, 5.74) is 11.6. The van der Waals surface area contributed by atoms with Crippen LogP contribution in [0.1, 0.15) is 5.56 Å². The second kappa shape index (κ2) is 10.3. The van der Waals surface area contributed by atoms with Crippen LogP contribution >= 0.6 is 0 Å². The average molecular weight is 581 g/mol. The van der Waals surface area contributed by atoms with E-state index < -0.39 is 0 Å². The quantitative estimate of drug-likeness (QED) is 0.220. The second-order valence-electron chi connectivity index (χ2n) is 11.4. The van der Waals surface area contributed by atoms with Gasteiger partial charge < -0.3 is 19.1 Å². The zero-order chi connectivity index (χ0) is 29.7. The van der Waals surface area contributed by atoms with Crippen LogP contribution in [0.25, 0.3) is 61.2 Å². The molecule has 0 spiro atoms. The number of hydrogen-bond acceptors (Lipinski definition) is 4. The topological polar surface area (TPSA) is 41.6 Å². The van der Waals surface area contributed by atoms with Gasteiger partial charge in [0.15, 0.2) is 0 Å². The number of furan rings is 2. The molecule has 0 unspecified atom stereocenters. The lowest BCUT2D eigenvalue weighted by molar-refractivity contribution is 0.629. The largest absolute Gasteiger partial charge is 0.456 e. The molecule has 1 aliphatic rings. The Labute approximate surface area is 260 Å². The zero-order valence-electron chi connectivity index (χ0n) is 24.4. The van der Waals surface area contributed by atoms with Crippen molar-refractivity contribution in [3.63, 3.8) is 0 Å². The minimum Gasteiger partial charge on any atom is -0.456 e. The van der Waals surface area contributed by atoms with E-state index >= 15 is 0 Å². The number of para-hydroxylation sites is 2. The molecule has 1 N–H and O–H groups in total. The van der Waals surface area contributed by atoms with E-state index in [1.807, 2.05) is 18.2 Å². The third-order valence-electron chi connectivity index (χ3n) is 8.71. The summed E-state index contributed by atoms with van der Waals surface area (Å²) in [4.78, 5) is 2.31. The van der Waals surface area contributed by atoms with Gasteiger partial charge in [-0.1, -0.05) is 103 Å². The molecule has 0 amide bonds. The predicted molar refractivity (Wildman–Crippen MR) is 187 cm³/mol. The number of benzene rings is 6. The minimum atomic E-state index is 0.777. The van der Waals surface area contributed by atoms with Crippen LogP contribution in [0.3, 0.4) is 0 Å². The van der Waals surface area contributed by atoms with Gasteiger partial charge in [0.2, 0.25) is 5.88 Å². The summed E-state index contributed by atoms with van der Waals surface area (Å²) in [6.45, 7) is 0.777. The van der Waals surface area contributed by atoms with Crippen LogP contribution in [0.5, 0.6) is 0 Å². The summed E-state index contributed by atoms with van der Waals surface area (Å²) in [6.07, 6.45) is 4.27. The first-order chi connectivity index (χ1) is 22.3. The molecule has 3 heterocycles. The first kappa shape index (κ1) is 25.5. The molecule has 6 aromatic carbocycles. The molecular weight excluding hydrogens is 552 g/mol. The average Bonchev–Trinajstić information content (AvgIpc) is 3.68. The van der Waals surface area contributed by atoms with E-state index in [9.17, 15) is 0 Å². The maximum absolute atomic E-state index is 6.33. The molecule has 0 saturated heterocycles. The summed E-state index contributed by atoms with van der Waals surface area (Å²) >= 11 is 0. The van der Waals surface area contributed by atoms with Crippen LogP contribution in [0.15, 0.2) is 154 Å². The molecule has 0 saturated carbocycles. The van der Waals surface area contributed by atoms with E-state index in [1.165, 1.54) is 11.1 Å². The van der Waals surface area contributed by atoms with Crippen molar-refractivity contribution in [1.82, 2.24) is 0 Å². The SMILES string of the molecule is C1=Cc2c(oc3c(-c4ccc(N(c5ccc(-c6ccccc6)cc5)c5ccc6oc7ccccc7c6c5)cc4)cccc23)NC1. The maximum Gasteiger partial charge on any atom is 0.201 e. The Morgan fingerprint density at radius 3 is 2.00 bits per heavy atom. The third-order valence-corrected chi connectivity index (χ3v) is 8.71. The summed E-state index contributed by atoms with van der Waals surface area (Å²) in [6, 6.07) is 49.1. The molecule has 4 nitrogen and oxygen atoms in total. The van der Waals surface area contributed by atoms with Crippen molar-refractivity contribution in [3.8, 4) is 22.3 Å². The van der Waals surface area contributed by atoms with Crippen molar-refractivity contribution in [3.05, 3.63) is 151 Å². The van der Waals surface area contributed by atoms with Crippen molar-refractivity contribution in [1.29, 1.82) is 0 Å². The van der Waals surface area contributed by atoms with Crippen LogP contribution < -0.4 is 10.2 Å². The molecule has 0 atom stereocenters.